The third-order valence-electron chi connectivity index (χ3n) is 2.38. The van der Waals surface area contributed by atoms with Gasteiger partial charge in [0.15, 0.2) is 0 Å². The Morgan fingerprint density at radius 3 is 2.75 bits per heavy atom. The second-order valence-corrected chi connectivity index (χ2v) is 3.81. The minimum Gasteiger partial charge on any atom is -0.393 e. The highest BCUT2D eigenvalue weighted by Gasteiger charge is 2.13. The summed E-state index contributed by atoms with van der Waals surface area (Å²) in [6.07, 6.45) is 1.66. The molecule has 1 unspecified atom stereocenters. The Morgan fingerprint density at radius 1 is 1.56 bits per heavy atom. The molecule has 1 aromatic heterocycles. The zero-order valence-corrected chi connectivity index (χ0v) is 9.51. The fourth-order valence-electron chi connectivity index (χ4n) is 1.59. The van der Waals surface area contributed by atoms with E-state index in [2.05, 4.69) is 4.98 Å². The molecule has 1 rings (SSSR count). The first kappa shape index (κ1) is 12.6. The highest BCUT2D eigenvalue weighted by atomic mass is 16.6. The van der Waals surface area contributed by atoms with Gasteiger partial charge in [0, 0.05) is 18.2 Å². The van der Waals surface area contributed by atoms with Crippen LogP contribution in [0.1, 0.15) is 31.2 Å². The molecule has 88 valence electrons. The molecule has 1 heterocycles. The average molecular weight is 224 g/mol. The third-order valence-corrected chi connectivity index (χ3v) is 2.38. The second kappa shape index (κ2) is 5.55. The van der Waals surface area contributed by atoms with Gasteiger partial charge in [-0.25, -0.2) is 0 Å². The fourth-order valence-corrected chi connectivity index (χ4v) is 1.59. The highest BCUT2D eigenvalue weighted by molar-refractivity contribution is 5.35. The van der Waals surface area contributed by atoms with Crippen molar-refractivity contribution in [2.45, 2.75) is 39.2 Å². The van der Waals surface area contributed by atoms with Gasteiger partial charge in [-0.1, -0.05) is 13.3 Å². The second-order valence-electron chi connectivity index (χ2n) is 3.81. The van der Waals surface area contributed by atoms with Crippen molar-refractivity contribution >= 4 is 5.69 Å². The van der Waals surface area contributed by atoms with E-state index in [0.717, 1.165) is 12.8 Å². The van der Waals surface area contributed by atoms with Crippen LogP contribution in [-0.2, 0) is 6.42 Å². The molecule has 0 fully saturated rings. The van der Waals surface area contributed by atoms with Crippen LogP contribution in [0.4, 0.5) is 5.69 Å². The van der Waals surface area contributed by atoms with Crippen molar-refractivity contribution in [3.63, 3.8) is 0 Å². The normalized spacial score (nSPS) is 12.4. The molecule has 5 heteroatoms. The summed E-state index contributed by atoms with van der Waals surface area (Å²) in [6.45, 7) is 3.60. The summed E-state index contributed by atoms with van der Waals surface area (Å²) in [4.78, 5) is 14.2. The van der Waals surface area contributed by atoms with Gasteiger partial charge in [0.25, 0.3) is 5.69 Å². The molecule has 0 saturated heterocycles. The lowest BCUT2D eigenvalue weighted by atomic mass is 10.1. The summed E-state index contributed by atoms with van der Waals surface area (Å²) in [5, 5.41) is 20.2. The number of nitro groups is 1. The zero-order valence-electron chi connectivity index (χ0n) is 9.51. The molecule has 5 nitrogen and oxygen atoms in total. The molecule has 1 aromatic rings. The maximum Gasteiger partial charge on any atom is 0.290 e. The van der Waals surface area contributed by atoms with Crippen LogP contribution in [-0.4, -0.2) is 21.1 Å². The molecule has 0 amide bonds. The number of rotatable bonds is 5. The SMILES string of the molecule is CCCC(O)Cc1ccc([N+](=O)[O-])c(C)n1. The van der Waals surface area contributed by atoms with E-state index in [0.29, 0.717) is 17.8 Å². The van der Waals surface area contributed by atoms with Gasteiger partial charge in [0.2, 0.25) is 0 Å². The third kappa shape index (κ3) is 3.27. The summed E-state index contributed by atoms with van der Waals surface area (Å²) in [7, 11) is 0. The van der Waals surface area contributed by atoms with Crippen LogP contribution in [0.25, 0.3) is 0 Å². The Hall–Kier alpha value is -1.49. The predicted molar refractivity (Wildman–Crippen MR) is 60.2 cm³/mol. The first-order chi connectivity index (χ1) is 7.54. The summed E-state index contributed by atoms with van der Waals surface area (Å²) < 4.78 is 0. The van der Waals surface area contributed by atoms with E-state index in [1.807, 2.05) is 6.92 Å². The number of aliphatic hydroxyl groups excluding tert-OH is 1. The van der Waals surface area contributed by atoms with Gasteiger partial charge in [-0.05, 0) is 19.4 Å². The smallest absolute Gasteiger partial charge is 0.290 e. The van der Waals surface area contributed by atoms with Crippen LogP contribution in [0.2, 0.25) is 0 Å². The van der Waals surface area contributed by atoms with E-state index in [1.54, 1.807) is 13.0 Å². The van der Waals surface area contributed by atoms with Crippen LogP contribution in [0.3, 0.4) is 0 Å². The largest absolute Gasteiger partial charge is 0.393 e. The molecular weight excluding hydrogens is 208 g/mol. The lowest BCUT2D eigenvalue weighted by molar-refractivity contribution is -0.385. The predicted octanol–water partition coefficient (Wildman–Crippen LogP) is 2.00. The molecule has 0 saturated carbocycles. The number of aryl methyl sites for hydroxylation is 1. The maximum atomic E-state index is 10.6. The number of aliphatic hydroxyl groups is 1. The van der Waals surface area contributed by atoms with Crippen molar-refractivity contribution in [2.24, 2.45) is 0 Å². The van der Waals surface area contributed by atoms with E-state index < -0.39 is 11.0 Å². The molecule has 0 aliphatic heterocycles. The number of nitrogens with zero attached hydrogens (tertiary/aromatic N) is 2. The average Bonchev–Trinajstić information content (AvgIpc) is 2.17. The number of aromatic nitrogens is 1. The molecule has 0 aliphatic carbocycles. The number of hydrogen-bond acceptors (Lipinski definition) is 4. The standard InChI is InChI=1S/C11H16N2O3/c1-3-4-10(14)7-9-5-6-11(13(15)16)8(2)12-9/h5-6,10,14H,3-4,7H2,1-2H3. The molecule has 0 radical (unpaired) electrons. The van der Waals surface area contributed by atoms with Crippen LogP contribution < -0.4 is 0 Å². The Balaban J connectivity index is 2.77. The van der Waals surface area contributed by atoms with E-state index >= 15 is 0 Å². The molecule has 0 bridgehead atoms. The van der Waals surface area contributed by atoms with Crippen molar-refractivity contribution in [3.8, 4) is 0 Å². The molecule has 0 spiro atoms. The molecule has 1 atom stereocenters. The van der Waals surface area contributed by atoms with Crippen LogP contribution >= 0.6 is 0 Å². The Labute approximate surface area is 94.3 Å². The highest BCUT2D eigenvalue weighted by Crippen LogP contribution is 2.16. The van der Waals surface area contributed by atoms with Crippen molar-refractivity contribution in [3.05, 3.63) is 33.6 Å². The van der Waals surface area contributed by atoms with E-state index in [-0.39, 0.29) is 5.69 Å². The van der Waals surface area contributed by atoms with E-state index in [1.165, 1.54) is 6.07 Å². The first-order valence-electron chi connectivity index (χ1n) is 5.33. The van der Waals surface area contributed by atoms with Crippen molar-refractivity contribution in [2.75, 3.05) is 0 Å². The van der Waals surface area contributed by atoms with Crippen molar-refractivity contribution < 1.29 is 10.0 Å². The maximum absolute atomic E-state index is 10.6. The molecule has 1 N–H and O–H groups in total. The van der Waals surface area contributed by atoms with Gasteiger partial charge in [0.1, 0.15) is 5.69 Å². The Morgan fingerprint density at radius 2 is 2.25 bits per heavy atom. The van der Waals surface area contributed by atoms with Crippen LogP contribution in [0.5, 0.6) is 0 Å². The molecule has 0 aromatic carbocycles. The van der Waals surface area contributed by atoms with E-state index in [9.17, 15) is 15.2 Å². The molecule has 16 heavy (non-hydrogen) atoms. The van der Waals surface area contributed by atoms with Crippen molar-refractivity contribution in [1.29, 1.82) is 0 Å². The fraction of sp³-hybridized carbons (Fsp3) is 0.545. The first-order valence-corrected chi connectivity index (χ1v) is 5.33. The van der Waals surface area contributed by atoms with E-state index in [4.69, 9.17) is 0 Å². The molecular formula is C11H16N2O3. The topological polar surface area (TPSA) is 76.3 Å². The van der Waals surface area contributed by atoms with Gasteiger partial charge in [0.05, 0.1) is 11.0 Å². The van der Waals surface area contributed by atoms with Gasteiger partial charge < -0.3 is 5.11 Å². The van der Waals surface area contributed by atoms with Gasteiger partial charge in [-0.3, -0.25) is 15.1 Å². The Bertz CT molecular complexity index is 379. The summed E-state index contributed by atoms with van der Waals surface area (Å²) in [6, 6.07) is 3.04. The quantitative estimate of drug-likeness (QED) is 0.613. The summed E-state index contributed by atoms with van der Waals surface area (Å²) in [5.74, 6) is 0. The van der Waals surface area contributed by atoms with Crippen LogP contribution in [0, 0.1) is 17.0 Å². The molecule has 0 aliphatic rings. The van der Waals surface area contributed by atoms with Crippen molar-refractivity contribution in [1.82, 2.24) is 4.98 Å². The van der Waals surface area contributed by atoms with Gasteiger partial charge in [-0.2, -0.15) is 0 Å². The zero-order chi connectivity index (χ0) is 12.1. The summed E-state index contributed by atoms with van der Waals surface area (Å²) in [5.41, 5.74) is 1.11. The van der Waals surface area contributed by atoms with Gasteiger partial charge in [-0.15, -0.1) is 0 Å². The van der Waals surface area contributed by atoms with Gasteiger partial charge >= 0.3 is 0 Å². The van der Waals surface area contributed by atoms with Crippen LogP contribution in [0.15, 0.2) is 12.1 Å². The number of pyridine rings is 1. The minimum absolute atomic E-state index is 0.0220. The lowest BCUT2D eigenvalue weighted by Crippen LogP contribution is -2.11. The monoisotopic (exact) mass is 224 g/mol. The minimum atomic E-state index is -0.450. The Kier molecular flexibility index (Phi) is 4.37. The summed E-state index contributed by atoms with van der Waals surface area (Å²) >= 11 is 0. The lowest BCUT2D eigenvalue weighted by Gasteiger charge is -2.08. The number of hydrogen-bond donors (Lipinski definition) is 1.